The Bertz CT molecular complexity index is 499. The van der Waals surface area contributed by atoms with E-state index >= 15 is 0 Å². The summed E-state index contributed by atoms with van der Waals surface area (Å²) < 4.78 is 11.3. The summed E-state index contributed by atoms with van der Waals surface area (Å²) in [6.45, 7) is 7.83. The van der Waals surface area contributed by atoms with Gasteiger partial charge in [-0.2, -0.15) is 0 Å². The van der Waals surface area contributed by atoms with Gasteiger partial charge in [-0.1, -0.05) is 6.07 Å². The summed E-state index contributed by atoms with van der Waals surface area (Å²) in [6, 6.07) is 4.20. The fourth-order valence-electron chi connectivity index (χ4n) is 2.96. The number of hydrogen-bond acceptors (Lipinski definition) is 4. The van der Waals surface area contributed by atoms with Gasteiger partial charge in [-0.05, 0) is 64.5 Å². The van der Waals surface area contributed by atoms with Crippen LogP contribution in [-0.4, -0.2) is 40.8 Å². The van der Waals surface area contributed by atoms with Crippen molar-refractivity contribution in [3.05, 3.63) is 30.1 Å². The number of nitrogens with zero attached hydrogens (tertiary/aromatic N) is 2. The molecule has 1 saturated heterocycles. The lowest BCUT2D eigenvalue weighted by Gasteiger charge is -2.36. The van der Waals surface area contributed by atoms with E-state index in [1.165, 1.54) is 6.42 Å². The Balaban J connectivity index is 1.72. The van der Waals surface area contributed by atoms with E-state index in [2.05, 4.69) is 4.98 Å². The topological polar surface area (TPSA) is 51.7 Å². The second-order valence-electron chi connectivity index (χ2n) is 7.38. The van der Waals surface area contributed by atoms with Crippen molar-refractivity contribution in [2.45, 2.75) is 71.1 Å². The Morgan fingerprint density at radius 2 is 2.21 bits per heavy atom. The highest BCUT2D eigenvalue weighted by Gasteiger charge is 2.29. The predicted molar refractivity (Wildman–Crippen MR) is 93.7 cm³/mol. The normalized spacial score (nSPS) is 18.5. The van der Waals surface area contributed by atoms with Crippen LogP contribution in [0.25, 0.3) is 0 Å². The summed E-state index contributed by atoms with van der Waals surface area (Å²) in [5.74, 6) is 0. The third-order valence-corrected chi connectivity index (χ3v) is 4.07. The van der Waals surface area contributed by atoms with Gasteiger partial charge in [0.05, 0.1) is 6.61 Å². The third kappa shape index (κ3) is 6.48. The molecule has 24 heavy (non-hydrogen) atoms. The van der Waals surface area contributed by atoms with Crippen LogP contribution in [-0.2, 0) is 16.1 Å². The minimum Gasteiger partial charge on any atom is -0.444 e. The third-order valence-electron chi connectivity index (χ3n) is 4.07. The molecular weight excluding hydrogens is 304 g/mol. The van der Waals surface area contributed by atoms with E-state index in [1.54, 1.807) is 6.20 Å². The van der Waals surface area contributed by atoms with Gasteiger partial charge in [0, 0.05) is 31.6 Å². The van der Waals surface area contributed by atoms with Crippen molar-refractivity contribution in [3.8, 4) is 0 Å². The zero-order valence-corrected chi connectivity index (χ0v) is 15.2. The molecule has 1 unspecified atom stereocenters. The summed E-state index contributed by atoms with van der Waals surface area (Å²) in [5.41, 5.74) is 0.650. The van der Waals surface area contributed by atoms with E-state index in [9.17, 15) is 4.79 Å². The van der Waals surface area contributed by atoms with Crippen LogP contribution in [0.15, 0.2) is 24.5 Å². The first-order valence-corrected chi connectivity index (χ1v) is 8.92. The molecule has 134 valence electrons. The van der Waals surface area contributed by atoms with Crippen LogP contribution in [0.3, 0.4) is 0 Å². The molecule has 0 radical (unpaired) electrons. The summed E-state index contributed by atoms with van der Waals surface area (Å²) in [7, 11) is 0. The first kappa shape index (κ1) is 18.7. The van der Waals surface area contributed by atoms with Gasteiger partial charge in [0.2, 0.25) is 0 Å². The van der Waals surface area contributed by atoms with E-state index in [0.717, 1.165) is 37.8 Å². The predicted octanol–water partition coefficient (Wildman–Crippen LogP) is 4.17. The van der Waals surface area contributed by atoms with E-state index in [-0.39, 0.29) is 12.1 Å². The number of piperidine rings is 1. The Kier molecular flexibility index (Phi) is 7.03. The number of pyridine rings is 1. The molecule has 0 N–H and O–H groups in total. The van der Waals surface area contributed by atoms with E-state index in [1.807, 2.05) is 44.0 Å². The summed E-state index contributed by atoms with van der Waals surface area (Å²) >= 11 is 0. The first-order valence-electron chi connectivity index (χ1n) is 8.92. The van der Waals surface area contributed by atoms with Gasteiger partial charge in [-0.3, -0.25) is 4.98 Å². The van der Waals surface area contributed by atoms with Crippen LogP contribution in [0, 0.1) is 0 Å². The molecule has 5 heteroatoms. The Morgan fingerprint density at radius 3 is 2.92 bits per heavy atom. The maximum Gasteiger partial charge on any atom is 0.410 e. The fraction of sp³-hybridized carbons (Fsp3) is 0.684. The lowest BCUT2D eigenvalue weighted by atomic mass is 9.98. The maximum absolute atomic E-state index is 12.4. The Labute approximate surface area is 145 Å². The molecule has 1 aliphatic rings. The summed E-state index contributed by atoms with van der Waals surface area (Å²) in [6.07, 6.45) is 8.62. The minimum atomic E-state index is -0.439. The van der Waals surface area contributed by atoms with Crippen LogP contribution >= 0.6 is 0 Å². The van der Waals surface area contributed by atoms with Crippen molar-refractivity contribution in [2.24, 2.45) is 0 Å². The number of aromatic nitrogens is 1. The van der Waals surface area contributed by atoms with Gasteiger partial charge >= 0.3 is 6.09 Å². The van der Waals surface area contributed by atoms with Crippen molar-refractivity contribution in [1.82, 2.24) is 9.88 Å². The molecule has 1 aliphatic heterocycles. The highest BCUT2D eigenvalue weighted by Crippen LogP contribution is 2.23. The lowest BCUT2D eigenvalue weighted by molar-refractivity contribution is 0.00726. The van der Waals surface area contributed by atoms with Crippen LogP contribution in [0.2, 0.25) is 0 Å². The molecule has 0 aliphatic carbocycles. The van der Waals surface area contributed by atoms with Gasteiger partial charge in [0.15, 0.2) is 0 Å². The molecule has 0 saturated carbocycles. The summed E-state index contributed by atoms with van der Waals surface area (Å²) in [5, 5.41) is 0. The van der Waals surface area contributed by atoms with Gasteiger partial charge in [-0.25, -0.2) is 4.79 Å². The molecule has 2 rings (SSSR count). The highest BCUT2D eigenvalue weighted by atomic mass is 16.6. The fourth-order valence-corrected chi connectivity index (χ4v) is 2.96. The van der Waals surface area contributed by atoms with Crippen molar-refractivity contribution < 1.29 is 14.3 Å². The highest BCUT2D eigenvalue weighted by molar-refractivity contribution is 5.68. The monoisotopic (exact) mass is 334 g/mol. The summed E-state index contributed by atoms with van der Waals surface area (Å²) in [4.78, 5) is 18.4. The van der Waals surface area contributed by atoms with Crippen LogP contribution in [0.5, 0.6) is 0 Å². The number of carbonyl (C=O) groups is 1. The van der Waals surface area contributed by atoms with Crippen molar-refractivity contribution in [2.75, 3.05) is 13.2 Å². The number of rotatable bonds is 6. The minimum absolute atomic E-state index is 0.177. The Hall–Kier alpha value is -1.62. The molecule has 1 atom stereocenters. The van der Waals surface area contributed by atoms with E-state index in [4.69, 9.17) is 9.47 Å². The van der Waals surface area contributed by atoms with Crippen molar-refractivity contribution >= 4 is 6.09 Å². The van der Waals surface area contributed by atoms with Gasteiger partial charge in [0.1, 0.15) is 5.60 Å². The van der Waals surface area contributed by atoms with Crippen LogP contribution in [0.4, 0.5) is 4.79 Å². The molecular formula is C19H30N2O3. The number of carbonyl (C=O) groups excluding carboxylic acids is 1. The second kappa shape index (κ2) is 9.02. The Morgan fingerprint density at radius 1 is 1.38 bits per heavy atom. The standard InChI is InChI=1S/C19H30N2O3/c1-19(2,3)24-18(22)21-12-5-4-9-17(21)10-7-13-23-15-16-8-6-11-20-14-16/h6,8,11,14,17H,4-5,7,9-10,12-13,15H2,1-3H3. The molecule has 1 amide bonds. The average molecular weight is 334 g/mol. The molecule has 0 aromatic carbocycles. The van der Waals surface area contributed by atoms with Gasteiger partial charge in [-0.15, -0.1) is 0 Å². The molecule has 0 spiro atoms. The average Bonchev–Trinajstić information content (AvgIpc) is 2.54. The zero-order valence-electron chi connectivity index (χ0n) is 15.2. The number of ether oxygens (including phenoxy) is 2. The first-order chi connectivity index (χ1) is 11.5. The quantitative estimate of drug-likeness (QED) is 0.733. The van der Waals surface area contributed by atoms with E-state index < -0.39 is 5.60 Å². The molecule has 1 aromatic heterocycles. The molecule has 1 aromatic rings. The molecule has 5 nitrogen and oxygen atoms in total. The van der Waals surface area contributed by atoms with Gasteiger partial charge < -0.3 is 14.4 Å². The smallest absolute Gasteiger partial charge is 0.410 e. The second-order valence-corrected chi connectivity index (χ2v) is 7.38. The number of likely N-dealkylation sites (tertiary alicyclic amines) is 1. The van der Waals surface area contributed by atoms with Gasteiger partial charge in [0.25, 0.3) is 0 Å². The molecule has 1 fully saturated rings. The maximum atomic E-state index is 12.4. The number of hydrogen-bond donors (Lipinski definition) is 0. The lowest BCUT2D eigenvalue weighted by Crippen LogP contribution is -2.46. The largest absolute Gasteiger partial charge is 0.444 e. The molecule has 0 bridgehead atoms. The van der Waals surface area contributed by atoms with E-state index in [0.29, 0.717) is 13.2 Å². The van der Waals surface area contributed by atoms with Crippen LogP contribution in [0.1, 0.15) is 58.4 Å². The van der Waals surface area contributed by atoms with Crippen molar-refractivity contribution in [3.63, 3.8) is 0 Å². The zero-order chi connectivity index (χ0) is 17.4. The number of amides is 1. The SMILES string of the molecule is CC(C)(C)OC(=O)N1CCCCC1CCCOCc1cccnc1. The molecule has 2 heterocycles. The van der Waals surface area contributed by atoms with Crippen LogP contribution < -0.4 is 0 Å². The van der Waals surface area contributed by atoms with Crippen molar-refractivity contribution in [1.29, 1.82) is 0 Å².